The molecule has 0 spiro atoms. The SMILES string of the molecule is CCCCC[N+](C)(C)C.CCCCC[N+](C)(C)CCCCC.O=S(=O)([O-])O.O=S(=O)([O-])O. The highest BCUT2D eigenvalue weighted by molar-refractivity contribution is 7.80. The van der Waals surface area contributed by atoms with Crippen LogP contribution in [0.2, 0.25) is 0 Å². The third-order valence-corrected chi connectivity index (χ3v) is 4.17. The molecule has 0 aromatic rings. The van der Waals surface area contributed by atoms with Crippen molar-refractivity contribution in [3.63, 3.8) is 0 Å². The van der Waals surface area contributed by atoms with Crippen molar-refractivity contribution < 1.29 is 44.0 Å². The molecule has 0 amide bonds. The molecule has 0 saturated carbocycles. The van der Waals surface area contributed by atoms with E-state index in [0.717, 1.165) is 4.48 Å². The van der Waals surface area contributed by atoms with Crippen LogP contribution in [0.3, 0.4) is 0 Å². The Balaban J connectivity index is -0.000000179. The molecule has 0 rings (SSSR count). The molecule has 200 valence electrons. The molecule has 0 unspecified atom stereocenters. The summed E-state index contributed by atoms with van der Waals surface area (Å²) in [5.74, 6) is 0. The van der Waals surface area contributed by atoms with Gasteiger partial charge in [0.1, 0.15) is 0 Å². The van der Waals surface area contributed by atoms with Crippen LogP contribution in [-0.4, -0.2) is 98.9 Å². The number of rotatable bonds is 12. The molecule has 0 bridgehead atoms. The van der Waals surface area contributed by atoms with Crippen molar-refractivity contribution in [3.05, 3.63) is 0 Å². The minimum absolute atomic E-state index is 1.11. The number of quaternary nitrogens is 2. The van der Waals surface area contributed by atoms with E-state index in [9.17, 15) is 0 Å². The minimum Gasteiger partial charge on any atom is -0.726 e. The maximum atomic E-state index is 8.63. The van der Waals surface area contributed by atoms with Crippen LogP contribution in [0.25, 0.3) is 0 Å². The van der Waals surface area contributed by atoms with Crippen molar-refractivity contribution in [2.45, 2.75) is 78.6 Å². The second-order valence-electron chi connectivity index (χ2n) is 9.37. The van der Waals surface area contributed by atoms with Gasteiger partial charge in [0.2, 0.25) is 20.8 Å². The third-order valence-electron chi connectivity index (χ3n) is 4.17. The predicted molar refractivity (Wildman–Crippen MR) is 128 cm³/mol. The monoisotopic (exact) mass is 510 g/mol. The summed E-state index contributed by atoms with van der Waals surface area (Å²) in [6.45, 7) is 10.8. The number of unbranched alkanes of at least 4 members (excludes halogenated alkanes) is 6. The first kappa shape index (κ1) is 38.9. The Morgan fingerprint density at radius 2 is 0.781 bits per heavy atom. The van der Waals surface area contributed by atoms with Gasteiger partial charge in [-0.2, -0.15) is 0 Å². The molecule has 0 aromatic carbocycles. The molecule has 0 radical (unpaired) electrons. The predicted octanol–water partition coefficient (Wildman–Crippen LogP) is 3.34. The second-order valence-corrected chi connectivity index (χ2v) is 11.1. The highest BCUT2D eigenvalue weighted by Gasteiger charge is 2.12. The fourth-order valence-electron chi connectivity index (χ4n) is 2.53. The van der Waals surface area contributed by atoms with Crippen LogP contribution in [0.4, 0.5) is 0 Å². The molecule has 0 atom stereocenters. The molecule has 0 fully saturated rings. The Labute approximate surface area is 198 Å². The van der Waals surface area contributed by atoms with Crippen molar-refractivity contribution >= 4 is 20.8 Å². The van der Waals surface area contributed by atoms with Gasteiger partial charge >= 0.3 is 0 Å². The zero-order chi connectivity index (χ0) is 26.5. The van der Waals surface area contributed by atoms with E-state index in [2.05, 4.69) is 56.0 Å². The second kappa shape index (κ2) is 21.2. The quantitative estimate of drug-likeness (QED) is 0.175. The molecule has 0 aliphatic heterocycles. The summed E-state index contributed by atoms with van der Waals surface area (Å²) in [6.07, 6.45) is 12.4. The largest absolute Gasteiger partial charge is 0.726 e. The smallest absolute Gasteiger partial charge is 0.215 e. The molecule has 12 heteroatoms. The zero-order valence-electron chi connectivity index (χ0n) is 21.5. The van der Waals surface area contributed by atoms with Crippen LogP contribution < -0.4 is 0 Å². The lowest BCUT2D eigenvalue weighted by molar-refractivity contribution is -0.890. The van der Waals surface area contributed by atoms with Crippen LogP contribution in [0.15, 0.2) is 0 Å². The molecule has 0 aromatic heterocycles. The van der Waals surface area contributed by atoms with Gasteiger partial charge in [-0.3, -0.25) is 9.11 Å². The van der Waals surface area contributed by atoms with Crippen LogP contribution in [0.1, 0.15) is 78.6 Å². The van der Waals surface area contributed by atoms with Crippen LogP contribution in [-0.2, 0) is 20.8 Å². The Bertz CT molecular complexity index is 544. The van der Waals surface area contributed by atoms with Crippen molar-refractivity contribution in [2.24, 2.45) is 0 Å². The standard InChI is InChI=1S/C12H28N.C8H20N.2H2O4S/c1-5-7-9-11-13(3,4)12-10-8-6-2;1-5-6-7-8-9(2,3)4;2*1-5(2,3)4/h5-12H2,1-4H3;5-8H2,1-4H3;2*(H2,1,2,3,4)/q2*+1;;/p-2. The maximum absolute atomic E-state index is 8.63. The molecular formula is C20H50N2O8S2. The van der Waals surface area contributed by atoms with E-state index >= 15 is 0 Å². The van der Waals surface area contributed by atoms with Gasteiger partial charge in [0.25, 0.3) is 0 Å². The average molecular weight is 511 g/mol. The van der Waals surface area contributed by atoms with Crippen molar-refractivity contribution in [3.8, 4) is 0 Å². The Kier molecular flexibility index (Phi) is 25.8. The van der Waals surface area contributed by atoms with Crippen LogP contribution in [0, 0.1) is 0 Å². The molecule has 2 N–H and O–H groups in total. The van der Waals surface area contributed by atoms with E-state index in [1.807, 2.05) is 0 Å². The summed E-state index contributed by atoms with van der Waals surface area (Å²) in [6, 6.07) is 0. The van der Waals surface area contributed by atoms with E-state index in [4.69, 9.17) is 35.0 Å². The third kappa shape index (κ3) is 78.1. The fourth-order valence-corrected chi connectivity index (χ4v) is 2.53. The zero-order valence-corrected chi connectivity index (χ0v) is 23.2. The van der Waals surface area contributed by atoms with Crippen LogP contribution in [0.5, 0.6) is 0 Å². The number of nitrogens with zero attached hydrogens (tertiary/aromatic N) is 2. The fraction of sp³-hybridized carbons (Fsp3) is 1.00. The first-order valence-electron chi connectivity index (χ1n) is 11.2. The van der Waals surface area contributed by atoms with Crippen molar-refractivity contribution in [1.29, 1.82) is 0 Å². The summed E-state index contributed by atoms with van der Waals surface area (Å²) < 4.78 is 68.0. The molecule has 32 heavy (non-hydrogen) atoms. The highest BCUT2D eigenvalue weighted by Crippen LogP contribution is 2.06. The summed E-state index contributed by atoms with van der Waals surface area (Å²) in [7, 11) is 1.64. The topological polar surface area (TPSA) is 155 Å². The number of hydrogen-bond acceptors (Lipinski definition) is 6. The Hall–Kier alpha value is -0.340. The van der Waals surface area contributed by atoms with E-state index in [1.54, 1.807) is 0 Å². The minimum atomic E-state index is -4.92. The summed E-state index contributed by atoms with van der Waals surface area (Å²) >= 11 is 0. The Morgan fingerprint density at radius 1 is 0.562 bits per heavy atom. The van der Waals surface area contributed by atoms with Gasteiger partial charge in [-0.25, -0.2) is 16.8 Å². The molecule has 0 heterocycles. The van der Waals surface area contributed by atoms with Gasteiger partial charge in [-0.15, -0.1) is 0 Å². The summed E-state index contributed by atoms with van der Waals surface area (Å²) in [5, 5.41) is 0. The first-order chi connectivity index (χ1) is 14.2. The van der Waals surface area contributed by atoms with Crippen molar-refractivity contribution in [2.75, 3.05) is 54.9 Å². The summed E-state index contributed by atoms with van der Waals surface area (Å²) in [4.78, 5) is 0. The lowest BCUT2D eigenvalue weighted by Crippen LogP contribution is -2.41. The lowest BCUT2D eigenvalue weighted by Gasteiger charge is -2.29. The molecular weight excluding hydrogens is 460 g/mol. The molecule has 0 saturated heterocycles. The van der Waals surface area contributed by atoms with E-state index in [0.29, 0.717) is 0 Å². The molecule has 0 aliphatic carbocycles. The number of hydrogen-bond donors (Lipinski definition) is 2. The van der Waals surface area contributed by atoms with E-state index in [-0.39, 0.29) is 0 Å². The maximum Gasteiger partial charge on any atom is 0.215 e. The van der Waals surface area contributed by atoms with Crippen LogP contribution >= 0.6 is 0 Å². The molecule has 10 nitrogen and oxygen atoms in total. The lowest BCUT2D eigenvalue weighted by atomic mass is 10.2. The van der Waals surface area contributed by atoms with Gasteiger partial charge in [0.15, 0.2) is 0 Å². The molecule has 0 aliphatic rings. The Morgan fingerprint density at radius 3 is 0.969 bits per heavy atom. The van der Waals surface area contributed by atoms with E-state index < -0.39 is 20.8 Å². The van der Waals surface area contributed by atoms with Gasteiger partial charge in [-0.05, 0) is 38.5 Å². The van der Waals surface area contributed by atoms with Gasteiger partial charge in [0, 0.05) is 0 Å². The van der Waals surface area contributed by atoms with Crippen molar-refractivity contribution in [1.82, 2.24) is 0 Å². The van der Waals surface area contributed by atoms with Gasteiger partial charge < -0.3 is 18.1 Å². The average Bonchev–Trinajstić information content (AvgIpc) is 2.52. The summed E-state index contributed by atoms with van der Waals surface area (Å²) in [5.41, 5.74) is 0. The highest BCUT2D eigenvalue weighted by atomic mass is 32.3. The first-order valence-corrected chi connectivity index (χ1v) is 13.9. The van der Waals surface area contributed by atoms with Gasteiger partial charge in [0.05, 0.1) is 54.9 Å². The van der Waals surface area contributed by atoms with Gasteiger partial charge in [-0.1, -0.05) is 40.0 Å². The normalized spacial score (nSPS) is 11.9. The van der Waals surface area contributed by atoms with E-state index in [1.165, 1.54) is 81.9 Å².